The average Bonchev–Trinajstić information content (AvgIpc) is 2.81. The second-order valence-electron chi connectivity index (χ2n) is 4.88. The molecule has 2 amide bonds. The molecule has 1 aliphatic rings. The number of hydrogen-bond donors (Lipinski definition) is 0. The third kappa shape index (κ3) is 3.48. The Labute approximate surface area is 155 Å². The second-order valence-corrected chi connectivity index (χ2v) is 7.48. The summed E-state index contributed by atoms with van der Waals surface area (Å²) in [5.74, 6) is -1.49. The van der Waals surface area contributed by atoms with Crippen LogP contribution in [0.15, 0.2) is 57.9 Å². The first kappa shape index (κ1) is 17.0. The van der Waals surface area contributed by atoms with Gasteiger partial charge in [-0.1, -0.05) is 52.0 Å². The number of carbonyl (C=O) groups excluding carboxylic acids is 2. The summed E-state index contributed by atoms with van der Waals surface area (Å²) in [6.07, 6.45) is 1.68. The SMILES string of the molecule is O=C1/C(=C\c2cccc(Br)c2)SC(=S)N1C(=O)c1ccc(F)cc1. The van der Waals surface area contributed by atoms with E-state index < -0.39 is 17.6 Å². The molecule has 3 nitrogen and oxygen atoms in total. The van der Waals surface area contributed by atoms with Crippen molar-refractivity contribution in [1.82, 2.24) is 4.90 Å². The zero-order valence-electron chi connectivity index (χ0n) is 12.0. The highest BCUT2D eigenvalue weighted by Gasteiger charge is 2.37. The maximum Gasteiger partial charge on any atom is 0.273 e. The third-order valence-electron chi connectivity index (χ3n) is 3.23. The van der Waals surface area contributed by atoms with Crippen LogP contribution in [0.4, 0.5) is 4.39 Å². The summed E-state index contributed by atoms with van der Waals surface area (Å²) in [7, 11) is 0. The molecule has 0 N–H and O–H groups in total. The number of thiocarbonyl (C=S) groups is 1. The normalized spacial score (nSPS) is 16.1. The number of amides is 2. The van der Waals surface area contributed by atoms with Gasteiger partial charge in [-0.2, -0.15) is 0 Å². The molecule has 2 aromatic carbocycles. The Bertz CT molecular complexity index is 880. The molecule has 0 unspecified atom stereocenters. The minimum atomic E-state index is -0.560. The molecule has 3 rings (SSSR count). The molecule has 0 spiro atoms. The van der Waals surface area contributed by atoms with Gasteiger partial charge >= 0.3 is 0 Å². The lowest BCUT2D eigenvalue weighted by atomic mass is 10.2. The molecular formula is C17H9BrFNO2S2. The molecule has 1 fully saturated rings. The van der Waals surface area contributed by atoms with E-state index in [1.165, 1.54) is 24.3 Å². The molecule has 0 aliphatic carbocycles. The lowest BCUT2D eigenvalue weighted by Gasteiger charge is -2.12. The van der Waals surface area contributed by atoms with Crippen molar-refractivity contribution >= 4 is 62.1 Å². The van der Waals surface area contributed by atoms with Crippen molar-refractivity contribution in [1.29, 1.82) is 0 Å². The monoisotopic (exact) mass is 421 g/mol. The third-order valence-corrected chi connectivity index (χ3v) is 5.03. The predicted octanol–water partition coefficient (Wildman–Crippen LogP) is 4.63. The van der Waals surface area contributed by atoms with E-state index in [-0.39, 0.29) is 9.88 Å². The van der Waals surface area contributed by atoms with E-state index in [4.69, 9.17) is 12.2 Å². The number of hydrogen-bond acceptors (Lipinski definition) is 4. The van der Waals surface area contributed by atoms with Crippen molar-refractivity contribution < 1.29 is 14.0 Å². The molecule has 1 saturated heterocycles. The summed E-state index contributed by atoms with van der Waals surface area (Å²) < 4.78 is 14.0. The molecule has 7 heteroatoms. The Morgan fingerprint density at radius 2 is 1.92 bits per heavy atom. The summed E-state index contributed by atoms with van der Waals surface area (Å²) in [4.78, 5) is 26.3. The van der Waals surface area contributed by atoms with Gasteiger partial charge in [-0.05, 0) is 48.0 Å². The van der Waals surface area contributed by atoms with Crippen molar-refractivity contribution in [2.24, 2.45) is 0 Å². The van der Waals surface area contributed by atoms with Crippen LogP contribution in [-0.4, -0.2) is 21.0 Å². The summed E-state index contributed by atoms with van der Waals surface area (Å²) in [5.41, 5.74) is 1.02. The van der Waals surface area contributed by atoms with Gasteiger partial charge in [-0.15, -0.1) is 0 Å². The van der Waals surface area contributed by atoms with E-state index in [9.17, 15) is 14.0 Å². The van der Waals surface area contributed by atoms with Crippen LogP contribution in [0.3, 0.4) is 0 Å². The smallest absolute Gasteiger partial charge is 0.268 e. The van der Waals surface area contributed by atoms with Crippen LogP contribution in [0.25, 0.3) is 6.08 Å². The number of nitrogens with zero attached hydrogens (tertiary/aromatic N) is 1. The largest absolute Gasteiger partial charge is 0.273 e. The van der Waals surface area contributed by atoms with E-state index in [0.717, 1.165) is 26.7 Å². The number of halogens is 2. The van der Waals surface area contributed by atoms with Crippen molar-refractivity contribution in [3.63, 3.8) is 0 Å². The Balaban J connectivity index is 1.89. The molecule has 2 aromatic rings. The Morgan fingerprint density at radius 3 is 2.58 bits per heavy atom. The van der Waals surface area contributed by atoms with Crippen LogP contribution in [0.2, 0.25) is 0 Å². The molecule has 24 heavy (non-hydrogen) atoms. The Hall–Kier alpha value is -1.83. The number of carbonyl (C=O) groups is 2. The maximum absolute atomic E-state index is 13.0. The van der Waals surface area contributed by atoms with Gasteiger partial charge in [0.25, 0.3) is 11.8 Å². The van der Waals surface area contributed by atoms with E-state index in [2.05, 4.69) is 15.9 Å². The fourth-order valence-electron chi connectivity index (χ4n) is 2.11. The number of thioether (sulfide) groups is 1. The van der Waals surface area contributed by atoms with Gasteiger partial charge in [0.1, 0.15) is 5.82 Å². The first-order valence-corrected chi connectivity index (χ1v) is 8.81. The fraction of sp³-hybridized carbons (Fsp3) is 0. The Kier molecular flexibility index (Phi) is 4.93. The number of imide groups is 1. The number of benzene rings is 2. The topological polar surface area (TPSA) is 37.4 Å². The highest BCUT2D eigenvalue weighted by atomic mass is 79.9. The van der Waals surface area contributed by atoms with Gasteiger partial charge in [0.2, 0.25) is 0 Å². The predicted molar refractivity (Wildman–Crippen MR) is 99.9 cm³/mol. The first-order chi connectivity index (χ1) is 11.5. The zero-order valence-corrected chi connectivity index (χ0v) is 15.3. The molecule has 1 aliphatic heterocycles. The van der Waals surface area contributed by atoms with E-state index in [0.29, 0.717) is 4.91 Å². The van der Waals surface area contributed by atoms with Crippen molar-refractivity contribution in [3.05, 3.63) is 74.9 Å². The molecule has 0 radical (unpaired) electrons. The van der Waals surface area contributed by atoms with Gasteiger partial charge < -0.3 is 0 Å². The maximum atomic E-state index is 13.0. The lowest BCUT2D eigenvalue weighted by molar-refractivity contribution is -0.120. The molecule has 0 aromatic heterocycles. The highest BCUT2D eigenvalue weighted by Crippen LogP contribution is 2.33. The summed E-state index contributed by atoms with van der Waals surface area (Å²) in [6, 6.07) is 12.4. The average molecular weight is 422 g/mol. The summed E-state index contributed by atoms with van der Waals surface area (Å²) >= 11 is 9.60. The summed E-state index contributed by atoms with van der Waals surface area (Å²) in [5, 5.41) is 0. The van der Waals surface area contributed by atoms with Crippen molar-refractivity contribution in [2.45, 2.75) is 0 Å². The van der Waals surface area contributed by atoms with Gasteiger partial charge in [-0.3, -0.25) is 9.59 Å². The van der Waals surface area contributed by atoms with Crippen LogP contribution < -0.4 is 0 Å². The minimum absolute atomic E-state index is 0.163. The van der Waals surface area contributed by atoms with E-state index in [1.54, 1.807) is 6.08 Å². The minimum Gasteiger partial charge on any atom is -0.268 e. The molecule has 0 saturated carbocycles. The molecule has 120 valence electrons. The lowest BCUT2D eigenvalue weighted by Crippen LogP contribution is -2.34. The zero-order chi connectivity index (χ0) is 17.3. The van der Waals surface area contributed by atoms with Crippen molar-refractivity contribution in [3.8, 4) is 0 Å². The van der Waals surface area contributed by atoms with Gasteiger partial charge in [0.05, 0.1) is 4.91 Å². The van der Waals surface area contributed by atoms with Gasteiger partial charge in [0, 0.05) is 10.0 Å². The van der Waals surface area contributed by atoms with Crippen LogP contribution in [0.5, 0.6) is 0 Å². The van der Waals surface area contributed by atoms with Crippen molar-refractivity contribution in [2.75, 3.05) is 0 Å². The van der Waals surface area contributed by atoms with Crippen LogP contribution in [0.1, 0.15) is 15.9 Å². The Morgan fingerprint density at radius 1 is 1.21 bits per heavy atom. The van der Waals surface area contributed by atoms with Crippen LogP contribution in [-0.2, 0) is 4.79 Å². The first-order valence-electron chi connectivity index (χ1n) is 6.79. The van der Waals surface area contributed by atoms with Gasteiger partial charge in [0.15, 0.2) is 4.32 Å². The fourth-order valence-corrected chi connectivity index (χ4v) is 3.78. The van der Waals surface area contributed by atoms with E-state index in [1.807, 2.05) is 24.3 Å². The standard InChI is InChI=1S/C17H9BrFNO2S2/c18-12-3-1-2-10(8-12)9-14-16(22)20(17(23)24-14)15(21)11-4-6-13(19)7-5-11/h1-9H/b14-9+. The van der Waals surface area contributed by atoms with Crippen LogP contribution in [0, 0.1) is 5.82 Å². The van der Waals surface area contributed by atoms with Crippen LogP contribution >= 0.6 is 39.9 Å². The molecular weight excluding hydrogens is 413 g/mol. The highest BCUT2D eigenvalue weighted by molar-refractivity contribution is 9.10. The molecule has 0 bridgehead atoms. The molecule has 0 atom stereocenters. The van der Waals surface area contributed by atoms with Gasteiger partial charge in [-0.25, -0.2) is 9.29 Å². The second kappa shape index (κ2) is 6.96. The summed E-state index contributed by atoms with van der Waals surface area (Å²) in [6.45, 7) is 0. The molecule has 1 heterocycles. The quantitative estimate of drug-likeness (QED) is 0.402. The van der Waals surface area contributed by atoms with E-state index >= 15 is 0 Å². The number of rotatable bonds is 2.